The van der Waals surface area contributed by atoms with Gasteiger partial charge in [-0.25, -0.2) is 0 Å². The molecule has 0 unspecified atom stereocenters. The zero-order valence-corrected chi connectivity index (χ0v) is 12.7. The van der Waals surface area contributed by atoms with E-state index in [0.29, 0.717) is 17.8 Å². The van der Waals surface area contributed by atoms with E-state index in [-0.39, 0.29) is 0 Å². The number of hydrogen-bond donors (Lipinski definition) is 2. The topological polar surface area (TPSA) is 72.3 Å². The van der Waals surface area contributed by atoms with Gasteiger partial charge in [0, 0.05) is 23.8 Å². The fourth-order valence-corrected chi connectivity index (χ4v) is 2.29. The van der Waals surface area contributed by atoms with Crippen LogP contribution in [0.5, 0.6) is 0 Å². The number of anilines is 2. The fourth-order valence-electron chi connectivity index (χ4n) is 2.02. The molecule has 0 bridgehead atoms. The summed E-state index contributed by atoms with van der Waals surface area (Å²) < 4.78 is 1.03. The second kappa shape index (κ2) is 5.96. The Balaban J connectivity index is 2.28. The lowest BCUT2D eigenvalue weighted by Gasteiger charge is -2.22. The Hall–Kier alpha value is -2.01. The lowest BCUT2D eigenvalue weighted by Crippen LogP contribution is -2.22. The van der Waals surface area contributed by atoms with Gasteiger partial charge in [0.2, 0.25) is 0 Å². The van der Waals surface area contributed by atoms with E-state index in [0.717, 1.165) is 15.7 Å². The number of nitrogens with zero attached hydrogens (tertiary/aromatic N) is 1. The molecular formula is C15H16BrN3O. The van der Waals surface area contributed by atoms with Crippen molar-refractivity contribution in [1.82, 2.24) is 0 Å². The number of carbonyl (C=O) groups excluding carboxylic acids is 1. The van der Waals surface area contributed by atoms with E-state index in [1.54, 1.807) is 18.2 Å². The van der Waals surface area contributed by atoms with Crippen LogP contribution in [0.1, 0.15) is 15.9 Å². The molecule has 0 saturated carbocycles. The van der Waals surface area contributed by atoms with Crippen LogP contribution in [0, 0.1) is 0 Å². The summed E-state index contributed by atoms with van der Waals surface area (Å²) in [5.41, 5.74) is 14.1. The fraction of sp³-hybridized carbons (Fsp3) is 0.133. The average Bonchev–Trinajstić information content (AvgIpc) is 2.41. The molecule has 0 aromatic heterocycles. The minimum Gasteiger partial charge on any atom is -0.399 e. The first-order valence-electron chi connectivity index (χ1n) is 6.12. The highest BCUT2D eigenvalue weighted by molar-refractivity contribution is 9.10. The third-order valence-corrected chi connectivity index (χ3v) is 3.56. The molecule has 4 N–H and O–H groups in total. The van der Waals surface area contributed by atoms with Crippen LogP contribution in [0.4, 0.5) is 11.4 Å². The Morgan fingerprint density at radius 3 is 2.45 bits per heavy atom. The SMILES string of the molecule is CN(Cc1ccc(Br)cc1)c1cc(N)ccc1C(N)=O. The van der Waals surface area contributed by atoms with Gasteiger partial charge in [0.1, 0.15) is 0 Å². The molecule has 2 rings (SSSR count). The van der Waals surface area contributed by atoms with Crippen molar-refractivity contribution >= 4 is 33.2 Å². The molecule has 104 valence electrons. The lowest BCUT2D eigenvalue weighted by molar-refractivity contribution is 0.100. The molecule has 1 amide bonds. The first-order valence-corrected chi connectivity index (χ1v) is 6.91. The molecule has 0 heterocycles. The van der Waals surface area contributed by atoms with Crippen molar-refractivity contribution in [2.45, 2.75) is 6.54 Å². The molecule has 0 atom stereocenters. The summed E-state index contributed by atoms with van der Waals surface area (Å²) in [5, 5.41) is 0. The molecule has 0 aliphatic heterocycles. The summed E-state index contributed by atoms with van der Waals surface area (Å²) >= 11 is 3.41. The number of amides is 1. The van der Waals surface area contributed by atoms with Gasteiger partial charge in [-0.3, -0.25) is 4.79 Å². The van der Waals surface area contributed by atoms with Gasteiger partial charge in [0.15, 0.2) is 0 Å². The van der Waals surface area contributed by atoms with E-state index >= 15 is 0 Å². The molecule has 2 aromatic carbocycles. The van der Waals surface area contributed by atoms with Crippen LogP contribution in [0.15, 0.2) is 46.9 Å². The van der Waals surface area contributed by atoms with Crippen molar-refractivity contribution in [2.24, 2.45) is 5.73 Å². The molecular weight excluding hydrogens is 318 g/mol. The number of halogens is 1. The highest BCUT2D eigenvalue weighted by atomic mass is 79.9. The van der Waals surface area contributed by atoms with Crippen LogP contribution >= 0.6 is 15.9 Å². The van der Waals surface area contributed by atoms with Crippen LogP contribution in [-0.4, -0.2) is 13.0 Å². The normalized spacial score (nSPS) is 10.3. The summed E-state index contributed by atoms with van der Waals surface area (Å²) in [4.78, 5) is 13.4. The van der Waals surface area contributed by atoms with Crippen LogP contribution < -0.4 is 16.4 Å². The summed E-state index contributed by atoms with van der Waals surface area (Å²) in [7, 11) is 1.91. The van der Waals surface area contributed by atoms with Crippen LogP contribution in [0.2, 0.25) is 0 Å². The molecule has 2 aromatic rings. The van der Waals surface area contributed by atoms with Gasteiger partial charge < -0.3 is 16.4 Å². The van der Waals surface area contributed by atoms with Gasteiger partial charge in [-0.15, -0.1) is 0 Å². The first kappa shape index (κ1) is 14.4. The Labute approximate surface area is 126 Å². The van der Waals surface area contributed by atoms with E-state index in [4.69, 9.17) is 11.5 Å². The lowest BCUT2D eigenvalue weighted by atomic mass is 10.1. The van der Waals surface area contributed by atoms with Gasteiger partial charge in [0.25, 0.3) is 5.91 Å². The largest absolute Gasteiger partial charge is 0.399 e. The Morgan fingerprint density at radius 1 is 1.20 bits per heavy atom. The van der Waals surface area contributed by atoms with E-state index in [1.165, 1.54) is 0 Å². The number of rotatable bonds is 4. The molecule has 20 heavy (non-hydrogen) atoms. The maximum atomic E-state index is 11.5. The molecule has 0 radical (unpaired) electrons. The molecule has 5 heteroatoms. The van der Waals surface area contributed by atoms with Crippen LogP contribution in [-0.2, 0) is 6.54 Å². The van der Waals surface area contributed by atoms with E-state index < -0.39 is 5.91 Å². The molecule has 0 fully saturated rings. The highest BCUT2D eigenvalue weighted by Crippen LogP contribution is 2.24. The molecule has 0 aliphatic rings. The first-order chi connectivity index (χ1) is 9.47. The average molecular weight is 334 g/mol. The summed E-state index contributed by atoms with van der Waals surface area (Å²) in [6, 6.07) is 13.1. The summed E-state index contributed by atoms with van der Waals surface area (Å²) in [6.07, 6.45) is 0. The van der Waals surface area contributed by atoms with Gasteiger partial charge in [-0.2, -0.15) is 0 Å². The van der Waals surface area contributed by atoms with E-state index in [1.807, 2.05) is 36.2 Å². The number of nitrogen functional groups attached to an aromatic ring is 1. The number of benzene rings is 2. The van der Waals surface area contributed by atoms with Crippen LogP contribution in [0.25, 0.3) is 0 Å². The number of carbonyl (C=O) groups is 1. The molecule has 0 saturated heterocycles. The van der Waals surface area contributed by atoms with Crippen LogP contribution in [0.3, 0.4) is 0 Å². The van der Waals surface area contributed by atoms with Crippen molar-refractivity contribution in [3.8, 4) is 0 Å². The van der Waals surface area contributed by atoms with Crippen molar-refractivity contribution in [3.05, 3.63) is 58.1 Å². The van der Waals surface area contributed by atoms with Gasteiger partial charge >= 0.3 is 0 Å². The number of primary amides is 1. The van der Waals surface area contributed by atoms with Gasteiger partial charge in [-0.05, 0) is 35.9 Å². The Kier molecular flexibility index (Phi) is 4.29. The minimum absolute atomic E-state index is 0.456. The number of hydrogen-bond acceptors (Lipinski definition) is 3. The zero-order valence-electron chi connectivity index (χ0n) is 11.1. The molecule has 0 spiro atoms. The molecule has 0 aliphatic carbocycles. The highest BCUT2D eigenvalue weighted by Gasteiger charge is 2.12. The van der Waals surface area contributed by atoms with E-state index in [2.05, 4.69) is 15.9 Å². The predicted molar refractivity (Wildman–Crippen MR) is 85.6 cm³/mol. The second-order valence-electron chi connectivity index (χ2n) is 4.62. The van der Waals surface area contributed by atoms with Crippen molar-refractivity contribution in [1.29, 1.82) is 0 Å². The third-order valence-electron chi connectivity index (χ3n) is 3.03. The van der Waals surface area contributed by atoms with E-state index in [9.17, 15) is 4.79 Å². The van der Waals surface area contributed by atoms with Crippen molar-refractivity contribution in [3.63, 3.8) is 0 Å². The van der Waals surface area contributed by atoms with Gasteiger partial charge in [0.05, 0.1) is 11.3 Å². The summed E-state index contributed by atoms with van der Waals surface area (Å²) in [6.45, 7) is 0.664. The Bertz CT molecular complexity index is 626. The maximum absolute atomic E-state index is 11.5. The zero-order chi connectivity index (χ0) is 14.7. The van der Waals surface area contributed by atoms with Crippen molar-refractivity contribution < 1.29 is 4.79 Å². The van der Waals surface area contributed by atoms with Gasteiger partial charge in [-0.1, -0.05) is 28.1 Å². The standard InChI is InChI=1S/C15H16BrN3O/c1-19(9-10-2-4-11(16)5-3-10)14-8-12(17)6-7-13(14)15(18)20/h2-8H,9,17H2,1H3,(H2,18,20). The second-order valence-corrected chi connectivity index (χ2v) is 5.54. The maximum Gasteiger partial charge on any atom is 0.250 e. The predicted octanol–water partition coefficient (Wildman–Crippen LogP) is 2.77. The minimum atomic E-state index is -0.456. The summed E-state index contributed by atoms with van der Waals surface area (Å²) in [5.74, 6) is -0.456. The quantitative estimate of drug-likeness (QED) is 0.845. The smallest absolute Gasteiger partial charge is 0.250 e. The number of nitrogens with two attached hydrogens (primary N) is 2. The Morgan fingerprint density at radius 2 is 1.85 bits per heavy atom. The third kappa shape index (κ3) is 3.30. The van der Waals surface area contributed by atoms with Crippen molar-refractivity contribution in [2.75, 3.05) is 17.7 Å². The monoisotopic (exact) mass is 333 g/mol. The molecule has 4 nitrogen and oxygen atoms in total.